The third-order valence-electron chi connectivity index (χ3n) is 4.07. The van der Waals surface area contributed by atoms with Crippen molar-refractivity contribution in [3.8, 4) is 0 Å². The van der Waals surface area contributed by atoms with Crippen LogP contribution in [0.2, 0.25) is 0 Å². The van der Waals surface area contributed by atoms with Crippen molar-refractivity contribution in [3.05, 3.63) is 12.2 Å². The Morgan fingerprint density at radius 2 is 2.15 bits per heavy atom. The van der Waals surface area contributed by atoms with Crippen LogP contribution in [0.15, 0.2) is 12.2 Å². The summed E-state index contributed by atoms with van der Waals surface area (Å²) in [6.07, 6.45) is 5.20. The average Bonchev–Trinajstić information content (AvgIpc) is 2.09. The zero-order chi connectivity index (χ0) is 10.1. The largest absolute Gasteiger partial charge is 0.0999 e. The van der Waals surface area contributed by atoms with Crippen molar-refractivity contribution in [2.24, 2.45) is 17.3 Å². The summed E-state index contributed by atoms with van der Waals surface area (Å²) in [6.45, 7) is 13.7. The lowest BCUT2D eigenvalue weighted by molar-refractivity contribution is 0.0948. The van der Waals surface area contributed by atoms with Crippen LogP contribution < -0.4 is 0 Å². The van der Waals surface area contributed by atoms with Crippen LogP contribution in [-0.2, 0) is 0 Å². The van der Waals surface area contributed by atoms with E-state index in [1.165, 1.54) is 31.3 Å². The zero-order valence-corrected chi connectivity index (χ0v) is 9.69. The van der Waals surface area contributed by atoms with Gasteiger partial charge in [0.05, 0.1) is 0 Å². The van der Waals surface area contributed by atoms with Crippen molar-refractivity contribution in [1.29, 1.82) is 0 Å². The van der Waals surface area contributed by atoms with E-state index in [0.717, 1.165) is 11.8 Å². The Labute approximate surface area is 83.4 Å². The van der Waals surface area contributed by atoms with Crippen molar-refractivity contribution in [1.82, 2.24) is 0 Å². The molecule has 0 heteroatoms. The fourth-order valence-electron chi connectivity index (χ4n) is 2.79. The highest BCUT2D eigenvalue weighted by atomic mass is 14.4. The Balaban J connectivity index is 2.77. The second-order valence-corrected chi connectivity index (χ2v) is 5.31. The van der Waals surface area contributed by atoms with Gasteiger partial charge in [0.25, 0.3) is 0 Å². The molecule has 2 atom stereocenters. The maximum absolute atomic E-state index is 4.15. The lowest BCUT2D eigenvalue weighted by atomic mass is 9.61. The van der Waals surface area contributed by atoms with Crippen LogP contribution in [0.1, 0.15) is 53.4 Å². The molecule has 0 amide bonds. The third kappa shape index (κ3) is 2.15. The van der Waals surface area contributed by atoms with Gasteiger partial charge >= 0.3 is 0 Å². The monoisotopic (exact) mass is 180 g/mol. The van der Waals surface area contributed by atoms with E-state index in [0.29, 0.717) is 5.41 Å². The first-order valence-electron chi connectivity index (χ1n) is 5.66. The quantitative estimate of drug-likeness (QED) is 0.552. The predicted molar refractivity (Wildman–Crippen MR) is 59.7 cm³/mol. The molecule has 1 aliphatic carbocycles. The van der Waals surface area contributed by atoms with Gasteiger partial charge < -0.3 is 0 Å². The molecule has 1 saturated carbocycles. The molecule has 0 aliphatic heterocycles. The van der Waals surface area contributed by atoms with Crippen LogP contribution >= 0.6 is 0 Å². The van der Waals surface area contributed by atoms with Crippen LogP contribution in [-0.4, -0.2) is 0 Å². The normalized spacial score (nSPS) is 35.5. The Morgan fingerprint density at radius 3 is 2.62 bits per heavy atom. The van der Waals surface area contributed by atoms with E-state index >= 15 is 0 Å². The third-order valence-corrected chi connectivity index (χ3v) is 4.07. The summed E-state index contributed by atoms with van der Waals surface area (Å²) in [7, 11) is 0. The van der Waals surface area contributed by atoms with Gasteiger partial charge in [-0.15, -0.1) is 0 Å². The van der Waals surface area contributed by atoms with Gasteiger partial charge in [-0.1, -0.05) is 46.3 Å². The first-order chi connectivity index (χ1) is 5.99. The van der Waals surface area contributed by atoms with Gasteiger partial charge in [0.15, 0.2) is 0 Å². The summed E-state index contributed by atoms with van der Waals surface area (Å²) >= 11 is 0. The molecule has 0 N–H and O–H groups in total. The smallest absolute Gasteiger partial charge is 0.0287 e. The maximum atomic E-state index is 4.15. The molecule has 13 heavy (non-hydrogen) atoms. The van der Waals surface area contributed by atoms with E-state index in [1.54, 1.807) is 0 Å². The number of rotatable bonds is 2. The van der Waals surface area contributed by atoms with Crippen molar-refractivity contribution in [2.75, 3.05) is 0 Å². The van der Waals surface area contributed by atoms with E-state index in [4.69, 9.17) is 0 Å². The van der Waals surface area contributed by atoms with Crippen molar-refractivity contribution in [3.63, 3.8) is 0 Å². The maximum Gasteiger partial charge on any atom is -0.0287 e. The van der Waals surface area contributed by atoms with Crippen molar-refractivity contribution >= 4 is 0 Å². The predicted octanol–water partition coefficient (Wildman–Crippen LogP) is 4.42. The summed E-state index contributed by atoms with van der Waals surface area (Å²) in [6, 6.07) is 0. The molecule has 0 nitrogen and oxygen atoms in total. The summed E-state index contributed by atoms with van der Waals surface area (Å²) in [4.78, 5) is 0. The summed E-state index contributed by atoms with van der Waals surface area (Å²) in [5.74, 6) is 1.67. The molecule has 0 heterocycles. The molecule has 0 saturated heterocycles. The summed E-state index contributed by atoms with van der Waals surface area (Å²) in [5, 5.41) is 0. The minimum atomic E-state index is 0.579. The molecule has 0 aromatic heterocycles. The topological polar surface area (TPSA) is 0 Å². The van der Waals surface area contributed by atoms with E-state index in [2.05, 4.69) is 34.3 Å². The first-order valence-corrected chi connectivity index (χ1v) is 5.66. The highest BCUT2D eigenvalue weighted by molar-refractivity contribution is 5.05. The molecular formula is C13H24. The fourth-order valence-corrected chi connectivity index (χ4v) is 2.79. The van der Waals surface area contributed by atoms with Crippen LogP contribution in [0.5, 0.6) is 0 Å². The Hall–Kier alpha value is -0.260. The Bertz CT molecular complexity index is 190. The molecule has 0 aromatic rings. The van der Waals surface area contributed by atoms with E-state index in [-0.39, 0.29) is 0 Å². The van der Waals surface area contributed by atoms with Gasteiger partial charge in [-0.25, -0.2) is 0 Å². The average molecular weight is 180 g/mol. The second kappa shape index (κ2) is 3.86. The minimum absolute atomic E-state index is 0.579. The van der Waals surface area contributed by atoms with Gasteiger partial charge in [0.2, 0.25) is 0 Å². The molecule has 1 rings (SSSR count). The first kappa shape index (κ1) is 10.8. The number of hydrogen-bond acceptors (Lipinski definition) is 0. The Morgan fingerprint density at radius 1 is 1.54 bits per heavy atom. The number of allylic oxidation sites excluding steroid dienone is 1. The summed E-state index contributed by atoms with van der Waals surface area (Å²) < 4.78 is 0. The SMILES string of the molecule is C=C1CCC(C)(CC)C(C(C)C)C1. The molecule has 1 fully saturated rings. The Kier molecular flexibility index (Phi) is 3.21. The molecule has 0 spiro atoms. The second-order valence-electron chi connectivity index (χ2n) is 5.31. The van der Waals surface area contributed by atoms with Crippen LogP contribution in [0.25, 0.3) is 0 Å². The van der Waals surface area contributed by atoms with E-state index < -0.39 is 0 Å². The molecule has 0 aromatic carbocycles. The highest BCUT2D eigenvalue weighted by Crippen LogP contribution is 2.48. The van der Waals surface area contributed by atoms with Crippen molar-refractivity contribution < 1.29 is 0 Å². The highest BCUT2D eigenvalue weighted by Gasteiger charge is 2.37. The lowest BCUT2D eigenvalue weighted by Gasteiger charge is -2.44. The lowest BCUT2D eigenvalue weighted by Crippen LogP contribution is -2.34. The molecular weight excluding hydrogens is 156 g/mol. The molecule has 76 valence electrons. The number of hydrogen-bond donors (Lipinski definition) is 0. The standard InChI is InChI=1S/C13H24/c1-6-13(5)8-7-11(4)9-12(13)10(2)3/h10,12H,4,6-9H2,1-3,5H3. The molecule has 0 radical (unpaired) electrons. The van der Waals surface area contributed by atoms with Crippen LogP contribution in [0, 0.1) is 17.3 Å². The van der Waals surface area contributed by atoms with Crippen molar-refractivity contribution in [2.45, 2.75) is 53.4 Å². The molecule has 2 unspecified atom stereocenters. The zero-order valence-electron chi connectivity index (χ0n) is 9.69. The molecule has 0 bridgehead atoms. The van der Waals surface area contributed by atoms with E-state index in [9.17, 15) is 0 Å². The summed E-state index contributed by atoms with van der Waals surface area (Å²) in [5.41, 5.74) is 2.06. The van der Waals surface area contributed by atoms with Gasteiger partial charge in [0.1, 0.15) is 0 Å². The molecule has 1 aliphatic rings. The van der Waals surface area contributed by atoms with Gasteiger partial charge in [0, 0.05) is 0 Å². The van der Waals surface area contributed by atoms with Gasteiger partial charge in [-0.3, -0.25) is 0 Å². The van der Waals surface area contributed by atoms with Crippen LogP contribution in [0.4, 0.5) is 0 Å². The van der Waals surface area contributed by atoms with Gasteiger partial charge in [-0.05, 0) is 36.5 Å². The van der Waals surface area contributed by atoms with Gasteiger partial charge in [-0.2, -0.15) is 0 Å². The van der Waals surface area contributed by atoms with Crippen LogP contribution in [0.3, 0.4) is 0 Å². The minimum Gasteiger partial charge on any atom is -0.0999 e. The fraction of sp³-hybridized carbons (Fsp3) is 0.846. The van der Waals surface area contributed by atoms with E-state index in [1.807, 2.05) is 0 Å².